The third-order valence-electron chi connectivity index (χ3n) is 2.40. The van der Waals surface area contributed by atoms with E-state index in [2.05, 4.69) is 6.92 Å². The Labute approximate surface area is 102 Å². The molecule has 0 heterocycles. The zero-order chi connectivity index (χ0) is 12.7. The molecule has 0 unspecified atom stereocenters. The van der Waals surface area contributed by atoms with Crippen LogP contribution in [0.5, 0.6) is 5.75 Å². The van der Waals surface area contributed by atoms with Gasteiger partial charge in [-0.15, -0.1) is 0 Å². The molecule has 0 saturated heterocycles. The van der Waals surface area contributed by atoms with E-state index in [9.17, 15) is 4.79 Å². The average molecular weight is 234 g/mol. The summed E-state index contributed by atoms with van der Waals surface area (Å²) in [7, 11) is 1.59. The number of methoxy groups -OCH3 is 1. The second-order valence-electron chi connectivity index (χ2n) is 4.13. The molecule has 1 aromatic rings. The number of carboxylic acid groups (broad SMARTS) is 1. The Balaban J connectivity index is 0.000000302. The number of hydrogen-bond donors (Lipinski definition) is 1. The molecular weight excluding hydrogens is 216 g/mol. The van der Waals surface area contributed by atoms with E-state index in [0.717, 1.165) is 23.3 Å². The standard InChI is InChI=1S/C10H10O3.C4H8/c1-13-9-5-2-8(3-6-9)4-7-10(11)12;1-4-2-3-4/h2-7H,1H3,(H,11,12);4H,2-3H2,1H3. The smallest absolute Gasteiger partial charge is 0.328 e. The first-order chi connectivity index (χ1) is 8.11. The second kappa shape index (κ2) is 6.74. The zero-order valence-corrected chi connectivity index (χ0v) is 10.2. The van der Waals surface area contributed by atoms with Crippen LogP contribution in [-0.2, 0) is 4.79 Å². The molecule has 92 valence electrons. The lowest BCUT2D eigenvalue weighted by atomic mass is 10.2. The molecule has 2 rings (SSSR count). The summed E-state index contributed by atoms with van der Waals surface area (Å²) in [5.41, 5.74) is 0.836. The maximum absolute atomic E-state index is 10.2. The van der Waals surface area contributed by atoms with Crippen molar-refractivity contribution in [3.8, 4) is 5.75 Å². The maximum atomic E-state index is 10.2. The first-order valence-electron chi connectivity index (χ1n) is 5.67. The monoisotopic (exact) mass is 234 g/mol. The number of carboxylic acids is 1. The Morgan fingerprint density at radius 2 is 1.88 bits per heavy atom. The van der Waals surface area contributed by atoms with Crippen LogP contribution in [0.4, 0.5) is 0 Å². The first-order valence-corrected chi connectivity index (χ1v) is 5.67. The van der Waals surface area contributed by atoms with E-state index in [1.54, 1.807) is 31.4 Å². The van der Waals surface area contributed by atoms with Crippen LogP contribution in [0.15, 0.2) is 30.3 Å². The summed E-state index contributed by atoms with van der Waals surface area (Å²) in [6.45, 7) is 2.28. The Morgan fingerprint density at radius 1 is 1.35 bits per heavy atom. The van der Waals surface area contributed by atoms with Crippen LogP contribution in [0.1, 0.15) is 25.3 Å². The Kier molecular flexibility index (Phi) is 5.27. The summed E-state index contributed by atoms with van der Waals surface area (Å²) in [6.07, 6.45) is 5.60. The van der Waals surface area contributed by atoms with Crippen LogP contribution in [0.25, 0.3) is 6.08 Å². The lowest BCUT2D eigenvalue weighted by molar-refractivity contribution is -0.131. The molecule has 3 nitrogen and oxygen atoms in total. The van der Waals surface area contributed by atoms with E-state index < -0.39 is 5.97 Å². The zero-order valence-electron chi connectivity index (χ0n) is 10.2. The van der Waals surface area contributed by atoms with Gasteiger partial charge in [0.25, 0.3) is 0 Å². The van der Waals surface area contributed by atoms with Crippen LogP contribution in [0.3, 0.4) is 0 Å². The summed E-state index contributed by atoms with van der Waals surface area (Å²) in [4.78, 5) is 10.2. The molecule has 0 radical (unpaired) electrons. The fraction of sp³-hybridized carbons (Fsp3) is 0.357. The number of aliphatic carboxylic acids is 1. The van der Waals surface area contributed by atoms with E-state index >= 15 is 0 Å². The molecule has 0 spiro atoms. The Hall–Kier alpha value is -1.77. The quantitative estimate of drug-likeness (QED) is 0.817. The molecule has 1 fully saturated rings. The number of ether oxygens (including phenoxy) is 1. The highest BCUT2D eigenvalue weighted by Gasteiger charge is 2.12. The highest BCUT2D eigenvalue weighted by Crippen LogP contribution is 2.26. The van der Waals surface area contributed by atoms with Crippen molar-refractivity contribution >= 4 is 12.0 Å². The Morgan fingerprint density at radius 3 is 2.24 bits per heavy atom. The summed E-state index contributed by atoms with van der Waals surface area (Å²) in [5.74, 6) is 0.892. The Bertz CT molecular complexity index is 375. The molecule has 17 heavy (non-hydrogen) atoms. The SMILES string of the molecule is CC1CC1.COc1ccc(C=CC(=O)O)cc1. The van der Waals surface area contributed by atoms with Gasteiger partial charge in [-0.05, 0) is 29.7 Å². The second-order valence-corrected chi connectivity index (χ2v) is 4.13. The van der Waals surface area contributed by atoms with E-state index in [4.69, 9.17) is 9.84 Å². The summed E-state index contributed by atoms with van der Waals surface area (Å²) >= 11 is 0. The van der Waals surface area contributed by atoms with Gasteiger partial charge in [0.15, 0.2) is 0 Å². The van der Waals surface area contributed by atoms with Crippen LogP contribution in [0.2, 0.25) is 0 Å². The molecule has 1 aliphatic rings. The van der Waals surface area contributed by atoms with Gasteiger partial charge in [0.05, 0.1) is 7.11 Å². The lowest BCUT2D eigenvalue weighted by Gasteiger charge is -1.98. The van der Waals surface area contributed by atoms with E-state index in [0.29, 0.717) is 0 Å². The summed E-state index contributed by atoms with van der Waals surface area (Å²) in [6, 6.07) is 7.14. The van der Waals surface area contributed by atoms with Crippen LogP contribution >= 0.6 is 0 Å². The minimum absolute atomic E-state index is 0.757. The molecule has 0 atom stereocenters. The van der Waals surface area contributed by atoms with Crippen molar-refractivity contribution in [3.63, 3.8) is 0 Å². The molecule has 1 aliphatic carbocycles. The van der Waals surface area contributed by atoms with E-state index in [-0.39, 0.29) is 0 Å². The third-order valence-corrected chi connectivity index (χ3v) is 2.40. The fourth-order valence-corrected chi connectivity index (χ4v) is 1.05. The van der Waals surface area contributed by atoms with Gasteiger partial charge < -0.3 is 9.84 Å². The molecule has 1 aromatic carbocycles. The van der Waals surface area contributed by atoms with Crippen molar-refractivity contribution in [1.29, 1.82) is 0 Å². The van der Waals surface area contributed by atoms with Gasteiger partial charge in [0, 0.05) is 6.08 Å². The van der Waals surface area contributed by atoms with Gasteiger partial charge in [-0.1, -0.05) is 31.9 Å². The number of rotatable bonds is 3. The minimum atomic E-state index is -0.948. The first kappa shape index (κ1) is 13.3. The highest BCUT2D eigenvalue weighted by atomic mass is 16.5. The third kappa shape index (κ3) is 6.40. The van der Waals surface area contributed by atoms with Crippen LogP contribution in [0, 0.1) is 5.92 Å². The van der Waals surface area contributed by atoms with Crippen molar-refractivity contribution < 1.29 is 14.6 Å². The normalized spacial score (nSPS) is 14.0. The maximum Gasteiger partial charge on any atom is 0.328 e. The molecule has 0 aromatic heterocycles. The van der Waals surface area contributed by atoms with E-state index in [1.165, 1.54) is 18.9 Å². The molecule has 0 bridgehead atoms. The summed E-state index contributed by atoms with van der Waals surface area (Å²) in [5, 5.41) is 8.36. The topological polar surface area (TPSA) is 46.5 Å². The van der Waals surface area contributed by atoms with Gasteiger partial charge in [-0.3, -0.25) is 0 Å². The van der Waals surface area contributed by atoms with Gasteiger partial charge in [-0.25, -0.2) is 4.79 Å². The van der Waals surface area contributed by atoms with Crippen molar-refractivity contribution in [2.24, 2.45) is 5.92 Å². The number of carbonyl (C=O) groups is 1. The lowest BCUT2D eigenvalue weighted by Crippen LogP contribution is -1.86. The molecule has 0 amide bonds. The predicted molar refractivity (Wildman–Crippen MR) is 68.1 cm³/mol. The number of benzene rings is 1. The molecule has 1 saturated carbocycles. The molecular formula is C14H18O3. The largest absolute Gasteiger partial charge is 0.497 e. The minimum Gasteiger partial charge on any atom is -0.497 e. The van der Waals surface area contributed by atoms with Crippen LogP contribution in [-0.4, -0.2) is 18.2 Å². The molecule has 1 N–H and O–H groups in total. The molecule has 0 aliphatic heterocycles. The van der Waals surface area contributed by atoms with Crippen molar-refractivity contribution in [1.82, 2.24) is 0 Å². The van der Waals surface area contributed by atoms with Gasteiger partial charge >= 0.3 is 5.97 Å². The highest BCUT2D eigenvalue weighted by molar-refractivity contribution is 5.85. The number of hydrogen-bond acceptors (Lipinski definition) is 2. The van der Waals surface area contributed by atoms with Gasteiger partial charge in [-0.2, -0.15) is 0 Å². The predicted octanol–water partition coefficient (Wildman–Crippen LogP) is 3.21. The van der Waals surface area contributed by atoms with Gasteiger partial charge in [0.2, 0.25) is 0 Å². The fourth-order valence-electron chi connectivity index (χ4n) is 1.05. The molecule has 3 heteroatoms. The van der Waals surface area contributed by atoms with Crippen molar-refractivity contribution in [2.75, 3.05) is 7.11 Å². The average Bonchev–Trinajstić information content (AvgIpc) is 3.10. The van der Waals surface area contributed by atoms with Crippen LogP contribution < -0.4 is 4.74 Å². The van der Waals surface area contributed by atoms with Crippen molar-refractivity contribution in [2.45, 2.75) is 19.8 Å². The van der Waals surface area contributed by atoms with Crippen molar-refractivity contribution in [3.05, 3.63) is 35.9 Å². The summed E-state index contributed by atoms with van der Waals surface area (Å²) < 4.78 is 4.95. The van der Waals surface area contributed by atoms with Gasteiger partial charge in [0.1, 0.15) is 5.75 Å². The van der Waals surface area contributed by atoms with E-state index in [1.807, 2.05) is 0 Å².